The maximum atomic E-state index is 11.4. The third kappa shape index (κ3) is 7.89. The van der Waals surface area contributed by atoms with E-state index in [9.17, 15) is 9.59 Å². The van der Waals surface area contributed by atoms with E-state index in [1.807, 2.05) is 0 Å². The van der Waals surface area contributed by atoms with Gasteiger partial charge in [0, 0.05) is 6.54 Å². The van der Waals surface area contributed by atoms with Crippen LogP contribution in [0.2, 0.25) is 0 Å². The quantitative estimate of drug-likeness (QED) is 0.422. The molecule has 0 aliphatic heterocycles. The molecule has 0 aromatic rings. The molecule has 0 unspecified atom stereocenters. The second kappa shape index (κ2) is 10.8. The van der Waals surface area contributed by atoms with Gasteiger partial charge in [-0.3, -0.25) is 0 Å². The Hall–Kier alpha value is -1.30. The van der Waals surface area contributed by atoms with Gasteiger partial charge in [-0.25, -0.2) is 9.59 Å². The molecule has 18 heavy (non-hydrogen) atoms. The fraction of sp³-hybridized carbons (Fsp3) is 0.833. The van der Waals surface area contributed by atoms with Gasteiger partial charge >= 0.3 is 12.0 Å². The number of rotatable bonds is 9. The second-order valence-corrected chi connectivity index (χ2v) is 3.95. The Labute approximate surface area is 108 Å². The van der Waals surface area contributed by atoms with E-state index in [0.717, 1.165) is 25.7 Å². The minimum absolute atomic E-state index is 0.218. The van der Waals surface area contributed by atoms with Crippen molar-refractivity contribution in [1.29, 1.82) is 0 Å². The molecule has 0 bridgehead atoms. The van der Waals surface area contributed by atoms with Crippen LogP contribution < -0.4 is 10.6 Å². The summed E-state index contributed by atoms with van der Waals surface area (Å²) < 4.78 is 4.71. The lowest BCUT2D eigenvalue weighted by Gasteiger charge is -2.15. The number of ether oxygens (including phenoxy) is 1. The second-order valence-electron chi connectivity index (χ2n) is 3.95. The first kappa shape index (κ1) is 16.7. The van der Waals surface area contributed by atoms with Gasteiger partial charge in [-0.05, 0) is 13.3 Å². The summed E-state index contributed by atoms with van der Waals surface area (Å²) >= 11 is 0. The standard InChI is InChI=1S/C12H24N2O4/c1-3-5-6-7-8-13-12(17)14-10(9-15)11(16)18-4-2/h10,15H,3-9H2,1-2H3,(H2,13,14,17)/t10-/m0/s1. The minimum atomic E-state index is -0.999. The third-order valence-electron chi connectivity index (χ3n) is 2.37. The van der Waals surface area contributed by atoms with Crippen LogP contribution in [0.15, 0.2) is 0 Å². The first-order valence-electron chi connectivity index (χ1n) is 6.47. The number of amides is 2. The number of aliphatic hydroxyl groups is 1. The summed E-state index contributed by atoms with van der Waals surface area (Å²) in [5, 5.41) is 14.0. The number of nitrogens with one attached hydrogen (secondary N) is 2. The van der Waals surface area contributed by atoms with Crippen LogP contribution in [0.4, 0.5) is 4.79 Å². The summed E-state index contributed by atoms with van der Waals surface area (Å²) in [7, 11) is 0. The van der Waals surface area contributed by atoms with Gasteiger partial charge in [0.25, 0.3) is 0 Å². The highest BCUT2D eigenvalue weighted by atomic mass is 16.5. The summed E-state index contributed by atoms with van der Waals surface area (Å²) in [6.07, 6.45) is 4.26. The lowest BCUT2D eigenvalue weighted by Crippen LogP contribution is -2.48. The zero-order valence-corrected chi connectivity index (χ0v) is 11.2. The molecule has 0 aliphatic carbocycles. The van der Waals surface area contributed by atoms with Crippen molar-refractivity contribution in [2.75, 3.05) is 19.8 Å². The maximum Gasteiger partial charge on any atom is 0.331 e. The Bertz CT molecular complexity index is 246. The molecule has 0 saturated carbocycles. The molecule has 0 aliphatic rings. The Kier molecular flexibility index (Phi) is 10.0. The maximum absolute atomic E-state index is 11.4. The number of urea groups is 1. The van der Waals surface area contributed by atoms with Gasteiger partial charge in [-0.2, -0.15) is 0 Å². The van der Waals surface area contributed by atoms with E-state index < -0.39 is 24.6 Å². The van der Waals surface area contributed by atoms with E-state index in [1.54, 1.807) is 6.92 Å². The molecule has 0 saturated heterocycles. The molecule has 0 heterocycles. The summed E-state index contributed by atoms with van der Waals surface area (Å²) in [5.41, 5.74) is 0. The largest absolute Gasteiger partial charge is 0.464 e. The van der Waals surface area contributed by atoms with Crippen molar-refractivity contribution in [1.82, 2.24) is 10.6 Å². The van der Waals surface area contributed by atoms with Crippen molar-refractivity contribution < 1.29 is 19.4 Å². The smallest absolute Gasteiger partial charge is 0.331 e. The molecule has 6 nitrogen and oxygen atoms in total. The molecule has 0 radical (unpaired) electrons. The van der Waals surface area contributed by atoms with Crippen LogP contribution in [0.25, 0.3) is 0 Å². The van der Waals surface area contributed by atoms with E-state index in [1.165, 1.54) is 0 Å². The van der Waals surface area contributed by atoms with Gasteiger partial charge in [0.05, 0.1) is 13.2 Å². The number of carbonyl (C=O) groups is 2. The topological polar surface area (TPSA) is 87.7 Å². The molecule has 0 aromatic heterocycles. The van der Waals surface area contributed by atoms with Crippen LogP contribution in [0.1, 0.15) is 39.5 Å². The SMILES string of the molecule is CCCCCCNC(=O)N[C@@H](CO)C(=O)OCC. The van der Waals surface area contributed by atoms with Crippen LogP contribution in [-0.2, 0) is 9.53 Å². The van der Waals surface area contributed by atoms with E-state index in [2.05, 4.69) is 17.6 Å². The van der Waals surface area contributed by atoms with Crippen molar-refractivity contribution in [3.63, 3.8) is 0 Å². The monoisotopic (exact) mass is 260 g/mol. The van der Waals surface area contributed by atoms with E-state index in [-0.39, 0.29) is 6.61 Å². The minimum Gasteiger partial charge on any atom is -0.464 e. The average Bonchev–Trinajstić information content (AvgIpc) is 2.36. The van der Waals surface area contributed by atoms with Crippen LogP contribution in [0, 0.1) is 0 Å². The number of esters is 1. The Morgan fingerprint density at radius 3 is 2.50 bits per heavy atom. The first-order chi connectivity index (χ1) is 8.65. The van der Waals surface area contributed by atoms with Crippen molar-refractivity contribution in [3.8, 4) is 0 Å². The van der Waals surface area contributed by atoms with Crippen molar-refractivity contribution >= 4 is 12.0 Å². The first-order valence-corrected chi connectivity index (χ1v) is 6.47. The summed E-state index contributed by atoms with van der Waals surface area (Å²) in [6, 6.07) is -1.46. The lowest BCUT2D eigenvalue weighted by molar-refractivity contribution is -0.146. The van der Waals surface area contributed by atoms with E-state index in [0.29, 0.717) is 6.54 Å². The van der Waals surface area contributed by atoms with Gasteiger partial charge in [0.15, 0.2) is 6.04 Å². The zero-order valence-electron chi connectivity index (χ0n) is 11.2. The Morgan fingerprint density at radius 1 is 1.22 bits per heavy atom. The van der Waals surface area contributed by atoms with Crippen LogP contribution in [-0.4, -0.2) is 42.9 Å². The highest BCUT2D eigenvalue weighted by molar-refractivity contribution is 5.83. The fourth-order valence-corrected chi connectivity index (χ4v) is 1.38. The molecule has 0 aromatic carbocycles. The predicted molar refractivity (Wildman–Crippen MR) is 68.2 cm³/mol. The van der Waals surface area contributed by atoms with E-state index in [4.69, 9.17) is 9.84 Å². The van der Waals surface area contributed by atoms with Gasteiger partial charge in [-0.1, -0.05) is 26.2 Å². The molecule has 106 valence electrons. The molecule has 3 N–H and O–H groups in total. The number of hydrogen-bond donors (Lipinski definition) is 3. The van der Waals surface area contributed by atoms with Crippen molar-refractivity contribution in [3.05, 3.63) is 0 Å². The summed E-state index contributed by atoms with van der Waals surface area (Å²) in [5.74, 6) is -0.624. The number of hydrogen-bond acceptors (Lipinski definition) is 4. The van der Waals surface area contributed by atoms with Gasteiger partial charge in [0.2, 0.25) is 0 Å². The molecule has 0 spiro atoms. The summed E-state index contributed by atoms with van der Waals surface area (Å²) in [6.45, 7) is 4.09. The molecular formula is C12H24N2O4. The molecule has 2 amide bonds. The molecule has 0 rings (SSSR count). The molecule has 6 heteroatoms. The van der Waals surface area contributed by atoms with Crippen LogP contribution >= 0.6 is 0 Å². The van der Waals surface area contributed by atoms with Crippen molar-refractivity contribution in [2.45, 2.75) is 45.6 Å². The highest BCUT2D eigenvalue weighted by Gasteiger charge is 2.20. The number of unbranched alkanes of at least 4 members (excludes halogenated alkanes) is 3. The lowest BCUT2D eigenvalue weighted by atomic mass is 10.2. The number of carbonyl (C=O) groups excluding carboxylic acids is 2. The number of aliphatic hydroxyl groups excluding tert-OH is 1. The van der Waals surface area contributed by atoms with Gasteiger partial charge < -0.3 is 20.5 Å². The van der Waals surface area contributed by atoms with Gasteiger partial charge in [0.1, 0.15) is 0 Å². The third-order valence-corrected chi connectivity index (χ3v) is 2.37. The average molecular weight is 260 g/mol. The molecule has 1 atom stereocenters. The van der Waals surface area contributed by atoms with Gasteiger partial charge in [-0.15, -0.1) is 0 Å². The Morgan fingerprint density at radius 2 is 1.94 bits per heavy atom. The van der Waals surface area contributed by atoms with Crippen LogP contribution in [0.5, 0.6) is 0 Å². The predicted octanol–water partition coefficient (Wildman–Crippen LogP) is 0.790. The van der Waals surface area contributed by atoms with Crippen LogP contribution in [0.3, 0.4) is 0 Å². The normalized spacial score (nSPS) is 11.7. The Balaban J connectivity index is 3.79. The molecular weight excluding hydrogens is 236 g/mol. The highest BCUT2D eigenvalue weighted by Crippen LogP contribution is 1.97. The van der Waals surface area contributed by atoms with E-state index >= 15 is 0 Å². The zero-order chi connectivity index (χ0) is 13.8. The fourth-order valence-electron chi connectivity index (χ4n) is 1.38. The summed E-state index contributed by atoms with van der Waals surface area (Å²) in [4.78, 5) is 22.7. The molecule has 0 fully saturated rings. The van der Waals surface area contributed by atoms with Crippen molar-refractivity contribution in [2.24, 2.45) is 0 Å².